The molecule has 2 saturated carbocycles. The van der Waals surface area contributed by atoms with Gasteiger partial charge in [0.15, 0.2) is 0 Å². The average Bonchev–Trinajstić information content (AvgIpc) is 3.35. The largest absolute Gasteiger partial charge is 0.480 e. The molecule has 1 N–H and O–H groups in total. The summed E-state index contributed by atoms with van der Waals surface area (Å²) in [6, 6.07) is 8.70. The van der Waals surface area contributed by atoms with Crippen molar-refractivity contribution >= 4 is 11.9 Å². The van der Waals surface area contributed by atoms with Gasteiger partial charge in [0.1, 0.15) is 6.04 Å². The van der Waals surface area contributed by atoms with Gasteiger partial charge in [-0.15, -0.1) is 0 Å². The van der Waals surface area contributed by atoms with Crippen molar-refractivity contribution in [3.05, 3.63) is 35.9 Å². The first-order valence-electron chi connectivity index (χ1n) is 7.61. The maximum atomic E-state index is 12.4. The van der Waals surface area contributed by atoms with Crippen LogP contribution in [0.3, 0.4) is 0 Å². The first-order valence-corrected chi connectivity index (χ1v) is 7.61. The van der Waals surface area contributed by atoms with E-state index in [0.717, 1.165) is 17.9 Å². The van der Waals surface area contributed by atoms with Crippen LogP contribution in [0, 0.1) is 17.8 Å². The quantitative estimate of drug-likeness (QED) is 0.872. The first kappa shape index (κ1) is 14.1. The Balaban J connectivity index is 1.65. The lowest BCUT2D eigenvalue weighted by Crippen LogP contribution is -2.44. The molecule has 0 saturated heterocycles. The highest BCUT2D eigenvalue weighted by Crippen LogP contribution is 2.54. The summed E-state index contributed by atoms with van der Waals surface area (Å²) >= 11 is 0. The Morgan fingerprint density at radius 3 is 2.52 bits per heavy atom. The van der Waals surface area contributed by atoms with Crippen LogP contribution in [0.2, 0.25) is 0 Å². The number of carbonyl (C=O) groups is 2. The lowest BCUT2D eigenvalue weighted by molar-refractivity contribution is -0.149. The molecule has 2 fully saturated rings. The number of benzene rings is 1. The lowest BCUT2D eigenvalue weighted by atomic mass is 10.0. The molecule has 3 rings (SSSR count). The third kappa shape index (κ3) is 3.09. The summed E-state index contributed by atoms with van der Waals surface area (Å²) in [6.07, 6.45) is 3.79. The van der Waals surface area contributed by atoms with Crippen LogP contribution in [-0.4, -0.2) is 35.0 Å². The van der Waals surface area contributed by atoms with E-state index in [1.54, 1.807) is 7.05 Å². The molecule has 3 atom stereocenters. The fraction of sp³-hybridized carbons (Fsp3) is 0.529. The predicted molar refractivity (Wildman–Crippen MR) is 78.7 cm³/mol. The molecule has 0 aliphatic heterocycles. The molecule has 1 aromatic rings. The summed E-state index contributed by atoms with van der Waals surface area (Å²) in [6.45, 7) is 0. The van der Waals surface area contributed by atoms with E-state index in [4.69, 9.17) is 0 Å². The van der Waals surface area contributed by atoms with Crippen LogP contribution >= 0.6 is 0 Å². The maximum Gasteiger partial charge on any atom is 0.326 e. The van der Waals surface area contributed by atoms with Gasteiger partial charge in [0.25, 0.3) is 0 Å². The fourth-order valence-corrected chi connectivity index (χ4v) is 3.19. The zero-order valence-corrected chi connectivity index (χ0v) is 12.2. The van der Waals surface area contributed by atoms with E-state index in [0.29, 0.717) is 12.3 Å². The van der Waals surface area contributed by atoms with Crippen molar-refractivity contribution in [2.45, 2.75) is 31.7 Å². The Labute approximate surface area is 124 Å². The SMILES string of the molecule is CN(C(=O)C1CC1C1CC1)C(Cc1ccccc1)C(=O)O. The molecule has 0 aromatic heterocycles. The van der Waals surface area contributed by atoms with E-state index in [9.17, 15) is 14.7 Å². The molecule has 0 spiro atoms. The summed E-state index contributed by atoms with van der Waals surface area (Å²) in [4.78, 5) is 25.4. The standard InChI is InChI=1S/C17H21NO3/c1-18(16(19)14-10-13(14)12-7-8-12)15(17(20)21)9-11-5-3-2-4-6-11/h2-6,12-15H,7-10H2,1H3,(H,20,21). The molecule has 4 nitrogen and oxygen atoms in total. The predicted octanol–water partition coefficient (Wildman–Crippen LogP) is 2.19. The van der Waals surface area contributed by atoms with Crippen LogP contribution in [-0.2, 0) is 16.0 Å². The van der Waals surface area contributed by atoms with Gasteiger partial charge in [0, 0.05) is 19.4 Å². The minimum Gasteiger partial charge on any atom is -0.480 e. The molecular weight excluding hydrogens is 266 g/mol. The number of carboxylic acids is 1. The summed E-state index contributed by atoms with van der Waals surface area (Å²) in [5.74, 6) is 0.393. The van der Waals surface area contributed by atoms with Crippen molar-refractivity contribution in [1.29, 1.82) is 0 Å². The molecule has 1 aromatic carbocycles. The number of carbonyl (C=O) groups excluding carboxylic acids is 1. The van der Waals surface area contributed by atoms with Gasteiger partial charge in [-0.05, 0) is 36.7 Å². The summed E-state index contributed by atoms with van der Waals surface area (Å²) in [5.41, 5.74) is 0.944. The van der Waals surface area contributed by atoms with Crippen molar-refractivity contribution in [2.24, 2.45) is 17.8 Å². The number of amides is 1. The third-order valence-electron chi connectivity index (χ3n) is 4.76. The van der Waals surface area contributed by atoms with Gasteiger partial charge in [0.05, 0.1) is 0 Å². The first-order chi connectivity index (χ1) is 10.1. The van der Waals surface area contributed by atoms with Gasteiger partial charge >= 0.3 is 5.97 Å². The molecule has 2 aliphatic carbocycles. The van der Waals surface area contributed by atoms with Crippen molar-refractivity contribution in [2.75, 3.05) is 7.05 Å². The summed E-state index contributed by atoms with van der Waals surface area (Å²) in [7, 11) is 1.63. The molecule has 3 unspecified atom stereocenters. The van der Waals surface area contributed by atoms with Gasteiger partial charge in [-0.2, -0.15) is 0 Å². The molecule has 21 heavy (non-hydrogen) atoms. The number of nitrogens with zero attached hydrogens (tertiary/aromatic N) is 1. The highest BCUT2D eigenvalue weighted by molar-refractivity contribution is 5.86. The number of aliphatic carboxylic acids is 1. The van der Waals surface area contributed by atoms with E-state index in [1.165, 1.54) is 17.7 Å². The zero-order valence-electron chi connectivity index (χ0n) is 12.2. The van der Waals surface area contributed by atoms with Gasteiger partial charge in [0.2, 0.25) is 5.91 Å². The number of hydrogen-bond acceptors (Lipinski definition) is 2. The Morgan fingerprint density at radius 2 is 1.95 bits per heavy atom. The minimum absolute atomic E-state index is 0.00947. The van der Waals surface area contributed by atoms with Crippen molar-refractivity contribution in [3.63, 3.8) is 0 Å². The second-order valence-electron chi connectivity index (χ2n) is 6.34. The Bertz CT molecular complexity index is 538. The third-order valence-corrected chi connectivity index (χ3v) is 4.76. The van der Waals surface area contributed by atoms with Gasteiger partial charge in [-0.25, -0.2) is 4.79 Å². The molecular formula is C17H21NO3. The second kappa shape index (κ2) is 5.51. The van der Waals surface area contributed by atoms with Crippen LogP contribution in [0.25, 0.3) is 0 Å². The monoisotopic (exact) mass is 287 g/mol. The molecule has 1 amide bonds. The van der Waals surface area contributed by atoms with Crippen molar-refractivity contribution < 1.29 is 14.7 Å². The number of likely N-dealkylation sites (N-methyl/N-ethyl adjacent to an activating group) is 1. The Morgan fingerprint density at radius 1 is 1.29 bits per heavy atom. The van der Waals surface area contributed by atoms with E-state index >= 15 is 0 Å². The van der Waals surface area contributed by atoms with E-state index in [-0.39, 0.29) is 11.8 Å². The van der Waals surface area contributed by atoms with Gasteiger partial charge in [-0.3, -0.25) is 4.79 Å². The van der Waals surface area contributed by atoms with Crippen LogP contribution in [0.15, 0.2) is 30.3 Å². The van der Waals surface area contributed by atoms with Crippen LogP contribution in [0.5, 0.6) is 0 Å². The maximum absolute atomic E-state index is 12.4. The van der Waals surface area contributed by atoms with Crippen molar-refractivity contribution in [3.8, 4) is 0 Å². The molecule has 2 aliphatic rings. The van der Waals surface area contributed by atoms with Crippen LogP contribution in [0.1, 0.15) is 24.8 Å². The molecule has 112 valence electrons. The number of rotatable bonds is 6. The molecule has 0 radical (unpaired) electrons. The highest BCUT2D eigenvalue weighted by Gasteiger charge is 2.52. The smallest absolute Gasteiger partial charge is 0.326 e. The Kier molecular flexibility index (Phi) is 3.70. The van der Waals surface area contributed by atoms with Crippen LogP contribution < -0.4 is 0 Å². The van der Waals surface area contributed by atoms with E-state index in [2.05, 4.69) is 0 Å². The molecule has 0 heterocycles. The minimum atomic E-state index is -0.932. The normalized spacial score (nSPS) is 25.2. The lowest BCUT2D eigenvalue weighted by Gasteiger charge is -2.25. The van der Waals surface area contributed by atoms with E-state index in [1.807, 2.05) is 30.3 Å². The highest BCUT2D eigenvalue weighted by atomic mass is 16.4. The van der Waals surface area contributed by atoms with Crippen LogP contribution in [0.4, 0.5) is 0 Å². The zero-order chi connectivity index (χ0) is 15.0. The summed E-state index contributed by atoms with van der Waals surface area (Å²) in [5, 5.41) is 9.45. The molecule has 0 bridgehead atoms. The summed E-state index contributed by atoms with van der Waals surface area (Å²) < 4.78 is 0. The molecule has 4 heteroatoms. The number of hydrogen-bond donors (Lipinski definition) is 1. The van der Waals surface area contributed by atoms with E-state index < -0.39 is 12.0 Å². The Hall–Kier alpha value is -1.84. The van der Waals surface area contributed by atoms with Gasteiger partial charge < -0.3 is 10.0 Å². The second-order valence-corrected chi connectivity index (χ2v) is 6.34. The van der Waals surface area contributed by atoms with Gasteiger partial charge in [-0.1, -0.05) is 30.3 Å². The number of carboxylic acid groups (broad SMARTS) is 1. The topological polar surface area (TPSA) is 57.6 Å². The average molecular weight is 287 g/mol. The van der Waals surface area contributed by atoms with Crippen molar-refractivity contribution in [1.82, 2.24) is 4.90 Å². The fourth-order valence-electron chi connectivity index (χ4n) is 3.19.